The Labute approximate surface area is 159 Å². The fourth-order valence-electron chi connectivity index (χ4n) is 2.76. The summed E-state index contributed by atoms with van der Waals surface area (Å²) in [5.41, 5.74) is 0.559. The van der Waals surface area contributed by atoms with Gasteiger partial charge in [0.15, 0.2) is 0 Å². The second-order valence-electron chi connectivity index (χ2n) is 6.02. The molecule has 0 aliphatic carbocycles. The highest BCUT2D eigenvalue weighted by atomic mass is 32.1. The molecule has 1 atom stereocenters. The number of aliphatic carboxylic acids is 1. The second kappa shape index (κ2) is 8.12. The summed E-state index contributed by atoms with van der Waals surface area (Å²) in [5.74, 6) is -1.70. The number of carbonyl (C=O) groups excluding carboxylic acids is 2. The third-order valence-electron chi connectivity index (χ3n) is 4.21. The molecule has 10 heteroatoms. The van der Waals surface area contributed by atoms with Crippen LogP contribution in [0.15, 0.2) is 24.3 Å². The predicted octanol–water partition coefficient (Wildman–Crippen LogP) is 1.74. The molecule has 142 valence electrons. The number of aromatic nitrogens is 2. The first kappa shape index (κ1) is 18.8. The number of ether oxygens (including phenoxy) is 1. The van der Waals surface area contributed by atoms with Crippen LogP contribution in [0.5, 0.6) is 5.75 Å². The molecule has 9 nitrogen and oxygen atoms in total. The van der Waals surface area contributed by atoms with Gasteiger partial charge in [-0.15, -0.1) is 10.2 Å². The molecular formula is C17H18N4O5S. The Balaban J connectivity index is 1.65. The van der Waals surface area contributed by atoms with E-state index in [-0.39, 0.29) is 16.6 Å². The van der Waals surface area contributed by atoms with E-state index in [2.05, 4.69) is 15.5 Å². The largest absolute Gasteiger partial charge is 0.497 e. The van der Waals surface area contributed by atoms with Crippen LogP contribution in [-0.2, 0) is 4.79 Å². The van der Waals surface area contributed by atoms with Gasteiger partial charge in [0.1, 0.15) is 5.75 Å². The molecule has 1 fully saturated rings. The number of methoxy groups -OCH3 is 1. The summed E-state index contributed by atoms with van der Waals surface area (Å²) in [6.45, 7) is 0.608. The highest BCUT2D eigenvalue weighted by molar-refractivity contribution is 7.15. The van der Waals surface area contributed by atoms with E-state index in [0.717, 1.165) is 11.3 Å². The van der Waals surface area contributed by atoms with E-state index in [1.807, 2.05) is 0 Å². The molecular weight excluding hydrogens is 372 g/mol. The van der Waals surface area contributed by atoms with Gasteiger partial charge in [-0.05, 0) is 37.1 Å². The van der Waals surface area contributed by atoms with Crippen molar-refractivity contribution < 1.29 is 24.2 Å². The van der Waals surface area contributed by atoms with E-state index >= 15 is 0 Å². The van der Waals surface area contributed by atoms with E-state index in [9.17, 15) is 14.4 Å². The van der Waals surface area contributed by atoms with Gasteiger partial charge in [0.2, 0.25) is 10.0 Å². The number of carboxylic acid groups (broad SMARTS) is 1. The van der Waals surface area contributed by atoms with Gasteiger partial charge in [-0.1, -0.05) is 11.3 Å². The molecule has 0 bridgehead atoms. The minimum Gasteiger partial charge on any atom is -0.497 e. The number of nitrogens with one attached hydrogen (secondary N) is 1. The summed E-state index contributed by atoms with van der Waals surface area (Å²) in [6, 6.07) is 6.78. The maximum absolute atomic E-state index is 12.5. The highest BCUT2D eigenvalue weighted by Gasteiger charge is 2.30. The van der Waals surface area contributed by atoms with E-state index in [1.165, 1.54) is 4.90 Å². The van der Waals surface area contributed by atoms with Gasteiger partial charge in [-0.25, -0.2) is 0 Å². The summed E-state index contributed by atoms with van der Waals surface area (Å²) in [5, 5.41) is 19.5. The van der Waals surface area contributed by atoms with E-state index in [1.54, 1.807) is 31.4 Å². The maximum Gasteiger partial charge on any atom is 0.308 e. The Morgan fingerprint density at radius 3 is 2.59 bits per heavy atom. The number of hydrogen-bond donors (Lipinski definition) is 2. The molecule has 1 aliphatic heterocycles. The van der Waals surface area contributed by atoms with E-state index in [0.29, 0.717) is 30.8 Å². The van der Waals surface area contributed by atoms with Crippen LogP contribution in [0.1, 0.15) is 32.4 Å². The monoisotopic (exact) mass is 390 g/mol. The summed E-state index contributed by atoms with van der Waals surface area (Å²) >= 11 is 0.882. The molecule has 1 aliphatic rings. The van der Waals surface area contributed by atoms with Crippen molar-refractivity contribution in [1.29, 1.82) is 0 Å². The molecule has 2 heterocycles. The molecule has 0 spiro atoms. The normalized spacial score (nSPS) is 16.6. The number of amides is 2. The van der Waals surface area contributed by atoms with Gasteiger partial charge in [-0.3, -0.25) is 14.4 Å². The van der Waals surface area contributed by atoms with Gasteiger partial charge in [-0.2, -0.15) is 0 Å². The lowest BCUT2D eigenvalue weighted by Gasteiger charge is -2.29. The summed E-state index contributed by atoms with van der Waals surface area (Å²) < 4.78 is 5.06. The topological polar surface area (TPSA) is 122 Å². The fourth-order valence-corrected chi connectivity index (χ4v) is 3.47. The van der Waals surface area contributed by atoms with Crippen LogP contribution >= 0.6 is 11.3 Å². The van der Waals surface area contributed by atoms with E-state index < -0.39 is 23.7 Å². The summed E-state index contributed by atoms with van der Waals surface area (Å²) in [6.07, 6.45) is 1.16. The molecule has 0 saturated carbocycles. The minimum absolute atomic E-state index is 0.0564. The van der Waals surface area contributed by atoms with Crippen molar-refractivity contribution in [2.45, 2.75) is 12.8 Å². The van der Waals surface area contributed by atoms with Gasteiger partial charge in [0.05, 0.1) is 13.0 Å². The van der Waals surface area contributed by atoms with Crippen molar-refractivity contribution in [2.75, 3.05) is 25.5 Å². The van der Waals surface area contributed by atoms with Crippen LogP contribution in [0.25, 0.3) is 0 Å². The molecule has 1 aromatic carbocycles. The number of rotatable bonds is 5. The van der Waals surface area contributed by atoms with Crippen LogP contribution in [0.2, 0.25) is 0 Å². The summed E-state index contributed by atoms with van der Waals surface area (Å²) in [4.78, 5) is 37.4. The molecule has 1 aromatic heterocycles. The molecule has 0 unspecified atom stereocenters. The van der Waals surface area contributed by atoms with Crippen LogP contribution < -0.4 is 10.1 Å². The zero-order valence-electron chi connectivity index (χ0n) is 14.5. The predicted molar refractivity (Wildman–Crippen MR) is 97.1 cm³/mol. The van der Waals surface area contributed by atoms with Crippen molar-refractivity contribution in [1.82, 2.24) is 15.1 Å². The van der Waals surface area contributed by atoms with Crippen LogP contribution in [0.3, 0.4) is 0 Å². The maximum atomic E-state index is 12.5. The standard InChI is InChI=1S/C17H18N4O5S/c1-26-12-6-4-11(5-7-12)18-13(22)14-19-20-15(27-14)16(23)21-8-2-3-10(9-21)17(24)25/h4-7,10H,2-3,8-9H2,1H3,(H,18,22)(H,24,25)/t10-/m0/s1. The molecule has 1 saturated heterocycles. The van der Waals surface area contributed by atoms with Crippen LogP contribution in [0, 0.1) is 5.92 Å². The average Bonchev–Trinajstić information content (AvgIpc) is 3.18. The Hall–Kier alpha value is -3.01. The number of nitrogens with zero attached hydrogens (tertiary/aromatic N) is 3. The van der Waals surface area contributed by atoms with Crippen molar-refractivity contribution in [3.8, 4) is 5.75 Å². The quantitative estimate of drug-likeness (QED) is 0.797. The Bertz CT molecular complexity index is 851. The third kappa shape index (κ3) is 4.40. The molecule has 27 heavy (non-hydrogen) atoms. The smallest absolute Gasteiger partial charge is 0.308 e. The Kier molecular flexibility index (Phi) is 5.65. The van der Waals surface area contributed by atoms with Crippen molar-refractivity contribution >= 4 is 34.8 Å². The van der Waals surface area contributed by atoms with Gasteiger partial charge in [0, 0.05) is 18.8 Å². The van der Waals surface area contributed by atoms with Crippen LogP contribution in [0.4, 0.5) is 5.69 Å². The lowest BCUT2D eigenvalue weighted by atomic mass is 9.98. The number of carbonyl (C=O) groups is 3. The number of likely N-dealkylation sites (tertiary alicyclic amines) is 1. The first-order valence-corrected chi connectivity index (χ1v) is 9.10. The van der Waals surface area contributed by atoms with Crippen molar-refractivity contribution in [3.63, 3.8) is 0 Å². The minimum atomic E-state index is -0.913. The molecule has 2 N–H and O–H groups in total. The number of carboxylic acids is 1. The van der Waals surface area contributed by atoms with Gasteiger partial charge in [0.25, 0.3) is 11.8 Å². The molecule has 2 amide bonds. The van der Waals surface area contributed by atoms with Gasteiger partial charge >= 0.3 is 5.97 Å². The number of anilines is 1. The summed E-state index contributed by atoms with van der Waals surface area (Å²) in [7, 11) is 1.55. The molecule has 0 radical (unpaired) electrons. The Morgan fingerprint density at radius 2 is 1.93 bits per heavy atom. The second-order valence-corrected chi connectivity index (χ2v) is 7.00. The lowest BCUT2D eigenvalue weighted by Crippen LogP contribution is -2.42. The average molecular weight is 390 g/mol. The van der Waals surface area contributed by atoms with Crippen molar-refractivity contribution in [2.24, 2.45) is 5.92 Å². The third-order valence-corrected chi connectivity index (χ3v) is 5.12. The van der Waals surface area contributed by atoms with Gasteiger partial charge < -0.3 is 20.1 Å². The lowest BCUT2D eigenvalue weighted by molar-refractivity contribution is -0.143. The first-order chi connectivity index (χ1) is 13.0. The molecule has 2 aromatic rings. The SMILES string of the molecule is COc1ccc(NC(=O)c2nnc(C(=O)N3CCC[C@H](C(=O)O)C3)s2)cc1. The highest BCUT2D eigenvalue weighted by Crippen LogP contribution is 2.21. The number of hydrogen-bond acceptors (Lipinski definition) is 7. The Morgan fingerprint density at radius 1 is 1.22 bits per heavy atom. The first-order valence-electron chi connectivity index (χ1n) is 8.29. The zero-order valence-corrected chi connectivity index (χ0v) is 15.4. The van der Waals surface area contributed by atoms with Crippen LogP contribution in [-0.4, -0.2) is 58.2 Å². The van der Waals surface area contributed by atoms with E-state index in [4.69, 9.17) is 9.84 Å². The molecule has 3 rings (SSSR count). The van der Waals surface area contributed by atoms with Crippen molar-refractivity contribution in [3.05, 3.63) is 34.3 Å². The number of benzene rings is 1. The zero-order chi connectivity index (χ0) is 19.4. The number of piperidine rings is 1. The fraction of sp³-hybridized carbons (Fsp3) is 0.353.